The summed E-state index contributed by atoms with van der Waals surface area (Å²) >= 11 is 0. The molecule has 2 atom stereocenters. The van der Waals surface area contributed by atoms with Gasteiger partial charge in [-0.3, -0.25) is 4.90 Å². The molecule has 1 fully saturated rings. The number of benzene rings is 1. The zero-order valence-electron chi connectivity index (χ0n) is 13.0. The van der Waals surface area contributed by atoms with E-state index in [9.17, 15) is 8.42 Å². The van der Waals surface area contributed by atoms with E-state index in [0.29, 0.717) is 10.9 Å². The SMILES string of the molecule is CCN(CC)C1CCCCC1NS(=O)(=O)c1ccccc1. The van der Waals surface area contributed by atoms with Gasteiger partial charge in [0.1, 0.15) is 0 Å². The first-order valence-electron chi connectivity index (χ1n) is 7.90. The Labute approximate surface area is 128 Å². The fourth-order valence-corrected chi connectivity index (χ4v) is 4.57. The topological polar surface area (TPSA) is 49.4 Å². The lowest BCUT2D eigenvalue weighted by molar-refractivity contribution is 0.144. The summed E-state index contributed by atoms with van der Waals surface area (Å²) in [6.45, 7) is 6.21. The Morgan fingerprint density at radius 2 is 1.71 bits per heavy atom. The lowest BCUT2D eigenvalue weighted by Gasteiger charge is -2.39. The van der Waals surface area contributed by atoms with Gasteiger partial charge in [0, 0.05) is 12.1 Å². The molecule has 0 amide bonds. The molecule has 0 bridgehead atoms. The number of nitrogens with zero attached hydrogens (tertiary/aromatic N) is 1. The van der Waals surface area contributed by atoms with E-state index in [-0.39, 0.29) is 6.04 Å². The molecule has 0 radical (unpaired) electrons. The van der Waals surface area contributed by atoms with E-state index in [4.69, 9.17) is 0 Å². The minimum absolute atomic E-state index is 0.0175. The monoisotopic (exact) mass is 310 g/mol. The van der Waals surface area contributed by atoms with E-state index in [0.717, 1.165) is 32.4 Å². The quantitative estimate of drug-likeness (QED) is 0.878. The third-order valence-corrected chi connectivity index (χ3v) is 5.88. The van der Waals surface area contributed by atoms with Crippen molar-refractivity contribution in [3.05, 3.63) is 30.3 Å². The highest BCUT2D eigenvalue weighted by Crippen LogP contribution is 2.24. The maximum absolute atomic E-state index is 12.5. The molecule has 2 rings (SSSR count). The number of rotatable bonds is 6. The zero-order valence-corrected chi connectivity index (χ0v) is 13.8. The number of hydrogen-bond acceptors (Lipinski definition) is 3. The molecule has 1 aromatic carbocycles. The first kappa shape index (κ1) is 16.5. The molecule has 118 valence electrons. The standard InChI is InChI=1S/C16H26N2O2S/c1-3-18(4-2)16-13-9-8-12-15(16)17-21(19,20)14-10-6-5-7-11-14/h5-7,10-11,15-17H,3-4,8-9,12-13H2,1-2H3. The molecular formula is C16H26N2O2S. The number of likely N-dealkylation sites (N-methyl/N-ethyl adjacent to an activating group) is 1. The van der Waals surface area contributed by atoms with Crippen molar-refractivity contribution >= 4 is 10.0 Å². The van der Waals surface area contributed by atoms with Crippen molar-refractivity contribution in [1.29, 1.82) is 0 Å². The van der Waals surface area contributed by atoms with Gasteiger partial charge in [-0.2, -0.15) is 0 Å². The second kappa shape index (κ2) is 7.38. The Hall–Kier alpha value is -0.910. The molecule has 1 aromatic rings. The molecule has 1 aliphatic rings. The molecule has 2 unspecified atom stereocenters. The second-order valence-electron chi connectivity index (χ2n) is 5.61. The van der Waals surface area contributed by atoms with Crippen LogP contribution in [0.4, 0.5) is 0 Å². The van der Waals surface area contributed by atoms with E-state index in [1.807, 2.05) is 6.07 Å². The smallest absolute Gasteiger partial charge is 0.240 e. The summed E-state index contributed by atoms with van der Waals surface area (Å²) in [5, 5.41) is 0. The third kappa shape index (κ3) is 4.05. The molecule has 0 aromatic heterocycles. The van der Waals surface area contributed by atoms with Gasteiger partial charge in [-0.25, -0.2) is 13.1 Å². The van der Waals surface area contributed by atoms with Crippen LogP contribution in [0.1, 0.15) is 39.5 Å². The normalized spacial score (nSPS) is 23.4. The van der Waals surface area contributed by atoms with E-state index >= 15 is 0 Å². The van der Waals surface area contributed by atoms with Crippen LogP contribution in [-0.2, 0) is 10.0 Å². The molecular weight excluding hydrogens is 284 g/mol. The van der Waals surface area contributed by atoms with Gasteiger partial charge in [-0.1, -0.05) is 44.9 Å². The van der Waals surface area contributed by atoms with Crippen molar-refractivity contribution < 1.29 is 8.42 Å². The van der Waals surface area contributed by atoms with E-state index < -0.39 is 10.0 Å². The highest BCUT2D eigenvalue weighted by molar-refractivity contribution is 7.89. The maximum Gasteiger partial charge on any atom is 0.240 e. The van der Waals surface area contributed by atoms with Crippen molar-refractivity contribution in [2.75, 3.05) is 13.1 Å². The maximum atomic E-state index is 12.5. The van der Waals surface area contributed by atoms with Gasteiger partial charge in [0.25, 0.3) is 0 Å². The summed E-state index contributed by atoms with van der Waals surface area (Å²) in [6, 6.07) is 8.98. The molecule has 0 saturated heterocycles. The van der Waals surface area contributed by atoms with Crippen LogP contribution in [-0.4, -0.2) is 38.5 Å². The van der Waals surface area contributed by atoms with Crippen LogP contribution in [0.5, 0.6) is 0 Å². The van der Waals surface area contributed by atoms with Crippen LogP contribution in [0, 0.1) is 0 Å². The van der Waals surface area contributed by atoms with Crippen molar-refractivity contribution in [3.63, 3.8) is 0 Å². The minimum atomic E-state index is -3.42. The Balaban J connectivity index is 2.15. The lowest BCUT2D eigenvalue weighted by Crippen LogP contribution is -2.53. The second-order valence-corrected chi connectivity index (χ2v) is 7.33. The van der Waals surface area contributed by atoms with Crippen LogP contribution in [0.3, 0.4) is 0 Å². The third-order valence-electron chi connectivity index (χ3n) is 4.37. The molecule has 5 heteroatoms. The largest absolute Gasteiger partial charge is 0.299 e. The lowest BCUT2D eigenvalue weighted by atomic mass is 9.90. The summed E-state index contributed by atoms with van der Waals surface area (Å²) in [7, 11) is -3.42. The van der Waals surface area contributed by atoms with Gasteiger partial charge >= 0.3 is 0 Å². The van der Waals surface area contributed by atoms with Crippen molar-refractivity contribution in [2.24, 2.45) is 0 Å². The number of sulfonamides is 1. The molecule has 0 heterocycles. The van der Waals surface area contributed by atoms with E-state index in [1.165, 1.54) is 6.42 Å². The fraction of sp³-hybridized carbons (Fsp3) is 0.625. The van der Waals surface area contributed by atoms with Gasteiger partial charge in [-0.05, 0) is 38.1 Å². The zero-order chi connectivity index (χ0) is 15.3. The van der Waals surface area contributed by atoms with Crippen LogP contribution >= 0.6 is 0 Å². The molecule has 4 nitrogen and oxygen atoms in total. The van der Waals surface area contributed by atoms with Gasteiger partial charge < -0.3 is 0 Å². The highest BCUT2D eigenvalue weighted by atomic mass is 32.2. The summed E-state index contributed by atoms with van der Waals surface area (Å²) in [5.74, 6) is 0. The molecule has 1 aliphatic carbocycles. The van der Waals surface area contributed by atoms with Crippen LogP contribution < -0.4 is 4.72 Å². The average molecular weight is 310 g/mol. The van der Waals surface area contributed by atoms with Crippen molar-refractivity contribution in [3.8, 4) is 0 Å². The summed E-state index contributed by atoms with van der Waals surface area (Å²) in [5.41, 5.74) is 0. The fourth-order valence-electron chi connectivity index (χ4n) is 3.25. The Morgan fingerprint density at radius 3 is 2.33 bits per heavy atom. The predicted molar refractivity (Wildman–Crippen MR) is 85.7 cm³/mol. The molecule has 0 spiro atoms. The Bertz CT molecular complexity index is 526. The van der Waals surface area contributed by atoms with Gasteiger partial charge in [-0.15, -0.1) is 0 Å². The van der Waals surface area contributed by atoms with E-state index in [1.54, 1.807) is 24.3 Å². The summed E-state index contributed by atoms with van der Waals surface area (Å²) in [6.07, 6.45) is 4.28. The molecule has 21 heavy (non-hydrogen) atoms. The van der Waals surface area contributed by atoms with Crippen molar-refractivity contribution in [1.82, 2.24) is 9.62 Å². The first-order valence-corrected chi connectivity index (χ1v) is 9.38. The predicted octanol–water partition coefficient (Wildman–Crippen LogP) is 2.62. The number of hydrogen-bond donors (Lipinski definition) is 1. The summed E-state index contributed by atoms with van der Waals surface area (Å²) in [4.78, 5) is 2.73. The molecule has 1 N–H and O–H groups in total. The minimum Gasteiger partial charge on any atom is -0.299 e. The van der Waals surface area contributed by atoms with Crippen LogP contribution in [0.25, 0.3) is 0 Å². The highest BCUT2D eigenvalue weighted by Gasteiger charge is 2.32. The molecule has 1 saturated carbocycles. The Kier molecular flexibility index (Phi) is 5.79. The first-order chi connectivity index (χ1) is 10.1. The van der Waals surface area contributed by atoms with Crippen LogP contribution in [0.15, 0.2) is 35.2 Å². The number of nitrogens with one attached hydrogen (secondary N) is 1. The molecule has 0 aliphatic heterocycles. The average Bonchev–Trinajstić information content (AvgIpc) is 2.51. The Morgan fingerprint density at radius 1 is 1.10 bits per heavy atom. The van der Waals surface area contributed by atoms with Gasteiger partial charge in [0.05, 0.1) is 4.90 Å². The van der Waals surface area contributed by atoms with Gasteiger partial charge in [0.15, 0.2) is 0 Å². The van der Waals surface area contributed by atoms with Crippen LogP contribution in [0.2, 0.25) is 0 Å². The summed E-state index contributed by atoms with van der Waals surface area (Å²) < 4.78 is 28.0. The van der Waals surface area contributed by atoms with E-state index in [2.05, 4.69) is 23.5 Å². The van der Waals surface area contributed by atoms with Crippen molar-refractivity contribution in [2.45, 2.75) is 56.5 Å². The van der Waals surface area contributed by atoms with Gasteiger partial charge in [0.2, 0.25) is 10.0 Å².